The lowest BCUT2D eigenvalue weighted by molar-refractivity contribution is -0.151. The molecule has 76 valence electrons. The van der Waals surface area contributed by atoms with Gasteiger partial charge in [-0.25, -0.2) is 0 Å². The normalized spacial score (nSPS) is 47.4. The predicted molar refractivity (Wildman–Crippen MR) is 52.5 cm³/mol. The van der Waals surface area contributed by atoms with Crippen molar-refractivity contribution < 1.29 is 9.53 Å². The smallest absolute Gasteiger partial charge is 0.309 e. The number of rotatable bonds is 2. The molecule has 2 bridgehead atoms. The molecule has 4 aliphatic carbocycles. The minimum absolute atomic E-state index is 0.0391. The summed E-state index contributed by atoms with van der Waals surface area (Å²) in [6.07, 6.45) is 6.98. The summed E-state index contributed by atoms with van der Waals surface area (Å²) in [5, 5.41) is 0. The highest BCUT2D eigenvalue weighted by atomic mass is 16.5. The van der Waals surface area contributed by atoms with Crippen molar-refractivity contribution in [1.29, 1.82) is 0 Å². The van der Waals surface area contributed by atoms with E-state index in [1.165, 1.54) is 6.42 Å². The minimum atomic E-state index is 0.0391. The largest absolute Gasteiger partial charge is 0.466 e. The van der Waals surface area contributed by atoms with Crippen molar-refractivity contribution in [2.45, 2.75) is 19.8 Å². The molecule has 0 N–H and O–H groups in total. The molecule has 14 heavy (non-hydrogen) atoms. The Kier molecular flexibility index (Phi) is 1.73. The lowest BCUT2D eigenvalue weighted by atomic mass is 9.69. The van der Waals surface area contributed by atoms with Crippen LogP contribution in [0.2, 0.25) is 0 Å². The zero-order valence-electron chi connectivity index (χ0n) is 8.48. The fourth-order valence-electron chi connectivity index (χ4n) is 3.37. The Balaban J connectivity index is 1.77. The van der Waals surface area contributed by atoms with Gasteiger partial charge in [0.2, 0.25) is 0 Å². The highest BCUT2D eigenvalue weighted by molar-refractivity contribution is 5.74. The van der Waals surface area contributed by atoms with Crippen molar-refractivity contribution >= 4 is 5.97 Å². The molecule has 0 saturated heterocycles. The third-order valence-corrected chi connectivity index (χ3v) is 4.10. The Morgan fingerprint density at radius 3 is 2.93 bits per heavy atom. The average Bonchev–Trinajstić information content (AvgIpc) is 2.99. The fourth-order valence-corrected chi connectivity index (χ4v) is 3.37. The van der Waals surface area contributed by atoms with Gasteiger partial charge in [0.25, 0.3) is 0 Å². The van der Waals surface area contributed by atoms with Crippen LogP contribution in [0, 0.1) is 29.6 Å². The highest BCUT2D eigenvalue weighted by Crippen LogP contribution is 2.61. The van der Waals surface area contributed by atoms with E-state index in [-0.39, 0.29) is 11.9 Å². The summed E-state index contributed by atoms with van der Waals surface area (Å²) in [6.45, 7) is 2.40. The molecule has 0 spiro atoms. The molecule has 0 amide bonds. The molecule has 2 unspecified atom stereocenters. The Morgan fingerprint density at radius 1 is 1.36 bits per heavy atom. The van der Waals surface area contributed by atoms with E-state index in [4.69, 9.17) is 4.74 Å². The zero-order valence-corrected chi connectivity index (χ0v) is 8.48. The van der Waals surface area contributed by atoms with Gasteiger partial charge in [-0.2, -0.15) is 0 Å². The number of hydrogen-bond donors (Lipinski definition) is 0. The lowest BCUT2D eigenvalue weighted by Gasteiger charge is -2.35. The fraction of sp³-hybridized carbons (Fsp3) is 0.750. The highest BCUT2D eigenvalue weighted by Gasteiger charge is 2.56. The van der Waals surface area contributed by atoms with Gasteiger partial charge in [-0.05, 0) is 43.4 Å². The number of carbonyl (C=O) groups excluding carboxylic acids is 1. The van der Waals surface area contributed by atoms with Gasteiger partial charge in [-0.1, -0.05) is 12.2 Å². The van der Waals surface area contributed by atoms with Crippen LogP contribution in [0.1, 0.15) is 19.8 Å². The van der Waals surface area contributed by atoms with Gasteiger partial charge in [0.15, 0.2) is 0 Å². The number of allylic oxidation sites excluding steroid dienone is 2. The van der Waals surface area contributed by atoms with E-state index in [0.29, 0.717) is 18.4 Å². The molecule has 2 fully saturated rings. The molecule has 0 aromatic heterocycles. The van der Waals surface area contributed by atoms with Crippen molar-refractivity contribution in [3.8, 4) is 0 Å². The number of hydrogen-bond acceptors (Lipinski definition) is 2. The first kappa shape index (κ1) is 8.51. The molecule has 2 saturated carbocycles. The molecule has 2 heteroatoms. The van der Waals surface area contributed by atoms with Gasteiger partial charge in [-0.3, -0.25) is 4.79 Å². The van der Waals surface area contributed by atoms with Crippen LogP contribution in [-0.4, -0.2) is 12.6 Å². The van der Waals surface area contributed by atoms with E-state index in [1.54, 1.807) is 0 Å². The quantitative estimate of drug-likeness (QED) is 0.494. The van der Waals surface area contributed by atoms with Crippen LogP contribution >= 0.6 is 0 Å². The van der Waals surface area contributed by atoms with Crippen LogP contribution in [-0.2, 0) is 9.53 Å². The monoisotopic (exact) mass is 192 g/mol. The molecular weight excluding hydrogens is 176 g/mol. The molecule has 0 aromatic carbocycles. The lowest BCUT2D eigenvalue weighted by Crippen LogP contribution is -2.35. The predicted octanol–water partition coefficient (Wildman–Crippen LogP) is 2.01. The van der Waals surface area contributed by atoms with E-state index in [0.717, 1.165) is 18.3 Å². The van der Waals surface area contributed by atoms with Crippen molar-refractivity contribution in [3.63, 3.8) is 0 Å². The maximum Gasteiger partial charge on any atom is 0.309 e. The van der Waals surface area contributed by atoms with E-state index in [1.807, 2.05) is 6.92 Å². The summed E-state index contributed by atoms with van der Waals surface area (Å²) < 4.78 is 5.13. The molecule has 0 aliphatic heterocycles. The molecule has 0 aromatic rings. The second-order valence-electron chi connectivity index (χ2n) is 4.78. The minimum Gasteiger partial charge on any atom is -0.466 e. The second-order valence-corrected chi connectivity index (χ2v) is 4.78. The second kappa shape index (κ2) is 2.85. The Labute approximate surface area is 84.3 Å². The number of fused-ring (bicyclic) bond motifs is 1. The molecule has 2 nitrogen and oxygen atoms in total. The van der Waals surface area contributed by atoms with Crippen LogP contribution in [0.4, 0.5) is 0 Å². The Hall–Kier alpha value is -0.790. The molecule has 4 aliphatic rings. The van der Waals surface area contributed by atoms with Crippen LogP contribution in [0.15, 0.2) is 12.2 Å². The SMILES string of the molecule is CCOC(=O)[C@H]1C[C@H]2C=C[C@@H]1C1CC12. The van der Waals surface area contributed by atoms with E-state index in [2.05, 4.69) is 12.2 Å². The summed E-state index contributed by atoms with van der Waals surface area (Å²) in [7, 11) is 0. The summed E-state index contributed by atoms with van der Waals surface area (Å²) in [5.41, 5.74) is 0. The maximum absolute atomic E-state index is 11.7. The van der Waals surface area contributed by atoms with Gasteiger partial charge in [0.1, 0.15) is 0 Å². The first-order valence-electron chi connectivity index (χ1n) is 5.66. The van der Waals surface area contributed by atoms with Crippen molar-refractivity contribution in [2.75, 3.05) is 6.61 Å². The van der Waals surface area contributed by atoms with Crippen LogP contribution in [0.3, 0.4) is 0 Å². The number of carbonyl (C=O) groups is 1. The molecule has 5 atom stereocenters. The first-order chi connectivity index (χ1) is 6.81. The summed E-state index contributed by atoms with van der Waals surface area (Å²) in [4.78, 5) is 11.7. The van der Waals surface area contributed by atoms with E-state index < -0.39 is 0 Å². The summed E-state index contributed by atoms with van der Waals surface area (Å²) in [6, 6.07) is 0. The van der Waals surface area contributed by atoms with Gasteiger partial charge in [0.05, 0.1) is 12.5 Å². The van der Waals surface area contributed by atoms with Gasteiger partial charge < -0.3 is 4.74 Å². The zero-order chi connectivity index (χ0) is 9.71. The van der Waals surface area contributed by atoms with E-state index >= 15 is 0 Å². The third kappa shape index (κ3) is 1.06. The molecular formula is C12H16O2. The van der Waals surface area contributed by atoms with Gasteiger partial charge in [-0.15, -0.1) is 0 Å². The molecule has 0 radical (unpaired) electrons. The summed E-state index contributed by atoms with van der Waals surface area (Å²) >= 11 is 0. The molecule has 0 heterocycles. The van der Waals surface area contributed by atoms with Crippen molar-refractivity contribution in [1.82, 2.24) is 0 Å². The number of esters is 1. The van der Waals surface area contributed by atoms with Crippen molar-refractivity contribution in [2.24, 2.45) is 29.6 Å². The van der Waals surface area contributed by atoms with Gasteiger partial charge >= 0.3 is 5.97 Å². The Bertz CT molecular complexity index is 295. The average molecular weight is 192 g/mol. The van der Waals surface area contributed by atoms with Gasteiger partial charge in [0, 0.05) is 0 Å². The molecule has 4 rings (SSSR count). The van der Waals surface area contributed by atoms with Crippen molar-refractivity contribution in [3.05, 3.63) is 12.2 Å². The first-order valence-corrected chi connectivity index (χ1v) is 5.66. The topological polar surface area (TPSA) is 26.3 Å². The van der Waals surface area contributed by atoms with Crippen LogP contribution in [0.25, 0.3) is 0 Å². The standard InChI is InChI=1S/C12H16O2/c1-2-14-12(13)11-5-7-3-4-8(11)10-6-9(7)10/h3-4,7-11H,2,5-6H2,1H3/t7-,8-,9?,10?,11+/m1/s1. The maximum atomic E-state index is 11.7. The third-order valence-electron chi connectivity index (χ3n) is 4.10. The Morgan fingerprint density at radius 2 is 2.21 bits per heavy atom. The number of ether oxygens (including phenoxy) is 1. The van der Waals surface area contributed by atoms with E-state index in [9.17, 15) is 4.79 Å². The summed E-state index contributed by atoms with van der Waals surface area (Å²) in [5.74, 6) is 3.12. The van der Waals surface area contributed by atoms with Crippen LogP contribution < -0.4 is 0 Å². The van der Waals surface area contributed by atoms with Crippen LogP contribution in [0.5, 0.6) is 0 Å².